The summed E-state index contributed by atoms with van der Waals surface area (Å²) in [4.78, 5) is 21.5. The lowest BCUT2D eigenvalue weighted by atomic mass is 10.1. The van der Waals surface area contributed by atoms with Crippen LogP contribution in [-0.2, 0) is 9.59 Å². The summed E-state index contributed by atoms with van der Waals surface area (Å²) in [5.74, 6) is -1.59. The summed E-state index contributed by atoms with van der Waals surface area (Å²) in [5.41, 5.74) is 0. The first-order valence-electron chi connectivity index (χ1n) is 4.82. The Labute approximate surface area is 88.7 Å². The Hall–Kier alpha value is -1.14. The monoisotopic (exact) mass is 218 g/mol. The van der Waals surface area contributed by atoms with Gasteiger partial charge in [0.2, 0.25) is 5.91 Å². The van der Waals surface area contributed by atoms with Crippen LogP contribution in [0.5, 0.6) is 0 Å². The third kappa shape index (κ3) is 6.03. The van der Waals surface area contributed by atoms with Crippen LogP contribution in [0.4, 0.5) is 0 Å². The summed E-state index contributed by atoms with van der Waals surface area (Å²) in [5, 5.41) is 22.7. The largest absolute Gasteiger partial charge is 0.479 e. The SMILES string of the molecule is CNCC(C)C(=O)NCC[C@H](O)C(=O)O. The minimum Gasteiger partial charge on any atom is -0.479 e. The molecule has 0 saturated carbocycles. The van der Waals surface area contributed by atoms with Crippen molar-refractivity contribution in [3.8, 4) is 0 Å². The Morgan fingerprint density at radius 2 is 2.00 bits per heavy atom. The van der Waals surface area contributed by atoms with Gasteiger partial charge >= 0.3 is 5.97 Å². The number of aliphatic carboxylic acids is 1. The van der Waals surface area contributed by atoms with Gasteiger partial charge < -0.3 is 20.8 Å². The van der Waals surface area contributed by atoms with Crippen molar-refractivity contribution in [3.05, 3.63) is 0 Å². The maximum Gasteiger partial charge on any atom is 0.332 e. The van der Waals surface area contributed by atoms with Crippen molar-refractivity contribution >= 4 is 11.9 Å². The van der Waals surface area contributed by atoms with Crippen LogP contribution in [-0.4, -0.2) is 48.3 Å². The van der Waals surface area contributed by atoms with Gasteiger partial charge in [0.05, 0.1) is 0 Å². The maximum absolute atomic E-state index is 11.3. The average molecular weight is 218 g/mol. The standard InChI is InChI=1S/C9H18N2O4/c1-6(5-10-2)8(13)11-4-3-7(12)9(14)15/h6-7,10,12H,3-5H2,1-2H3,(H,11,13)(H,14,15)/t6?,7-/m0/s1. The first-order valence-corrected chi connectivity index (χ1v) is 4.82. The second kappa shape index (κ2) is 7.19. The molecule has 0 saturated heterocycles. The molecule has 15 heavy (non-hydrogen) atoms. The summed E-state index contributed by atoms with van der Waals surface area (Å²) in [7, 11) is 1.75. The van der Waals surface area contributed by atoms with Gasteiger partial charge in [-0.15, -0.1) is 0 Å². The van der Waals surface area contributed by atoms with Crippen LogP contribution in [0.25, 0.3) is 0 Å². The summed E-state index contributed by atoms with van der Waals surface area (Å²) < 4.78 is 0. The van der Waals surface area contributed by atoms with E-state index in [1.54, 1.807) is 14.0 Å². The molecule has 0 spiro atoms. The second-order valence-electron chi connectivity index (χ2n) is 3.39. The molecule has 1 amide bonds. The number of nitrogens with one attached hydrogen (secondary N) is 2. The van der Waals surface area contributed by atoms with Gasteiger partial charge in [0.25, 0.3) is 0 Å². The van der Waals surface area contributed by atoms with E-state index in [9.17, 15) is 9.59 Å². The number of amides is 1. The predicted octanol–water partition coefficient (Wildman–Crippen LogP) is -1.21. The van der Waals surface area contributed by atoms with E-state index >= 15 is 0 Å². The summed E-state index contributed by atoms with van der Waals surface area (Å²) in [6, 6.07) is 0. The molecule has 0 aromatic heterocycles. The van der Waals surface area contributed by atoms with Crippen molar-refractivity contribution in [2.45, 2.75) is 19.4 Å². The Kier molecular flexibility index (Phi) is 6.64. The fourth-order valence-electron chi connectivity index (χ4n) is 1.03. The van der Waals surface area contributed by atoms with Crippen molar-refractivity contribution in [1.29, 1.82) is 0 Å². The molecule has 2 atom stereocenters. The van der Waals surface area contributed by atoms with E-state index in [0.29, 0.717) is 6.54 Å². The number of carboxylic acid groups (broad SMARTS) is 1. The molecule has 6 heteroatoms. The third-order valence-corrected chi connectivity index (χ3v) is 1.96. The number of carbonyl (C=O) groups is 2. The first-order chi connectivity index (χ1) is 6.99. The number of aliphatic hydroxyl groups is 1. The lowest BCUT2D eigenvalue weighted by Crippen LogP contribution is -2.36. The van der Waals surface area contributed by atoms with E-state index in [-0.39, 0.29) is 24.8 Å². The molecule has 0 rings (SSSR count). The number of hydrogen-bond acceptors (Lipinski definition) is 4. The Balaban J connectivity index is 3.67. The number of rotatable bonds is 7. The number of aliphatic hydroxyl groups excluding tert-OH is 1. The van der Waals surface area contributed by atoms with E-state index in [0.717, 1.165) is 0 Å². The first kappa shape index (κ1) is 13.9. The highest BCUT2D eigenvalue weighted by atomic mass is 16.4. The zero-order valence-electron chi connectivity index (χ0n) is 8.99. The predicted molar refractivity (Wildman–Crippen MR) is 54.4 cm³/mol. The molecule has 0 radical (unpaired) electrons. The number of hydrogen-bond donors (Lipinski definition) is 4. The fourth-order valence-corrected chi connectivity index (χ4v) is 1.03. The van der Waals surface area contributed by atoms with Gasteiger partial charge in [-0.2, -0.15) is 0 Å². The smallest absolute Gasteiger partial charge is 0.332 e. The van der Waals surface area contributed by atoms with Crippen molar-refractivity contribution in [2.75, 3.05) is 20.1 Å². The van der Waals surface area contributed by atoms with Crippen LogP contribution < -0.4 is 10.6 Å². The van der Waals surface area contributed by atoms with E-state index in [4.69, 9.17) is 10.2 Å². The molecule has 4 N–H and O–H groups in total. The van der Waals surface area contributed by atoms with Crippen molar-refractivity contribution in [2.24, 2.45) is 5.92 Å². The van der Waals surface area contributed by atoms with Crippen molar-refractivity contribution in [1.82, 2.24) is 10.6 Å². The summed E-state index contributed by atoms with van der Waals surface area (Å²) in [6.45, 7) is 2.49. The van der Waals surface area contributed by atoms with Crippen LogP contribution in [0.15, 0.2) is 0 Å². The minimum atomic E-state index is -1.41. The van der Waals surface area contributed by atoms with Crippen molar-refractivity contribution in [3.63, 3.8) is 0 Å². The molecule has 0 aromatic carbocycles. The fraction of sp³-hybridized carbons (Fsp3) is 0.778. The van der Waals surface area contributed by atoms with Crippen LogP contribution in [0, 0.1) is 5.92 Å². The molecule has 0 aliphatic heterocycles. The van der Waals surface area contributed by atoms with Gasteiger partial charge in [-0.1, -0.05) is 6.92 Å². The van der Waals surface area contributed by atoms with Gasteiger partial charge in [0.15, 0.2) is 6.10 Å². The van der Waals surface area contributed by atoms with E-state index in [2.05, 4.69) is 10.6 Å². The highest BCUT2D eigenvalue weighted by Gasteiger charge is 2.15. The molecule has 0 fully saturated rings. The minimum absolute atomic E-state index is 0.0212. The third-order valence-electron chi connectivity index (χ3n) is 1.96. The Morgan fingerprint density at radius 3 is 2.47 bits per heavy atom. The van der Waals surface area contributed by atoms with Crippen molar-refractivity contribution < 1.29 is 19.8 Å². The lowest BCUT2D eigenvalue weighted by Gasteiger charge is -2.12. The molecule has 0 bridgehead atoms. The van der Waals surface area contributed by atoms with Crippen LogP contribution in [0.2, 0.25) is 0 Å². The summed E-state index contributed by atoms with van der Waals surface area (Å²) >= 11 is 0. The van der Waals surface area contributed by atoms with Gasteiger partial charge in [-0.05, 0) is 7.05 Å². The Bertz CT molecular complexity index is 220. The van der Waals surface area contributed by atoms with Crippen LogP contribution in [0.3, 0.4) is 0 Å². The number of carboxylic acids is 1. The van der Waals surface area contributed by atoms with Gasteiger partial charge in [-0.3, -0.25) is 4.79 Å². The van der Waals surface area contributed by atoms with E-state index in [1.807, 2.05) is 0 Å². The molecule has 0 heterocycles. The molecular weight excluding hydrogens is 200 g/mol. The second-order valence-corrected chi connectivity index (χ2v) is 3.39. The van der Waals surface area contributed by atoms with E-state index in [1.165, 1.54) is 0 Å². The normalized spacial score (nSPS) is 14.3. The molecule has 6 nitrogen and oxygen atoms in total. The zero-order chi connectivity index (χ0) is 11.8. The van der Waals surface area contributed by atoms with E-state index < -0.39 is 12.1 Å². The van der Waals surface area contributed by atoms with Crippen LogP contribution in [0.1, 0.15) is 13.3 Å². The molecule has 1 unspecified atom stereocenters. The highest BCUT2D eigenvalue weighted by Crippen LogP contribution is 1.94. The quantitative estimate of drug-likeness (QED) is 0.430. The van der Waals surface area contributed by atoms with Gasteiger partial charge in [0.1, 0.15) is 0 Å². The molecule has 0 aromatic rings. The van der Waals surface area contributed by atoms with Crippen LogP contribution >= 0.6 is 0 Å². The van der Waals surface area contributed by atoms with Gasteiger partial charge in [-0.25, -0.2) is 4.79 Å². The topological polar surface area (TPSA) is 98.7 Å². The van der Waals surface area contributed by atoms with Gasteiger partial charge in [0, 0.05) is 25.4 Å². The summed E-state index contributed by atoms with van der Waals surface area (Å²) in [6.07, 6.45) is -1.39. The highest BCUT2D eigenvalue weighted by molar-refractivity contribution is 5.78. The molecule has 0 aliphatic carbocycles. The lowest BCUT2D eigenvalue weighted by molar-refractivity contribution is -0.147. The number of carbonyl (C=O) groups excluding carboxylic acids is 1. The Morgan fingerprint density at radius 1 is 1.40 bits per heavy atom. The molecular formula is C9H18N2O4. The maximum atomic E-state index is 11.3. The zero-order valence-corrected chi connectivity index (χ0v) is 8.99. The molecule has 88 valence electrons. The average Bonchev–Trinajstić information content (AvgIpc) is 2.17. The molecule has 0 aliphatic rings.